The van der Waals surface area contributed by atoms with Crippen molar-refractivity contribution in [3.8, 4) is 0 Å². The first-order chi connectivity index (χ1) is 13.6. The van der Waals surface area contributed by atoms with Gasteiger partial charge in [0, 0.05) is 11.9 Å². The Morgan fingerprint density at radius 2 is 1.89 bits per heavy atom. The first-order valence-electron chi connectivity index (χ1n) is 10.1. The molecule has 152 valence electrons. The minimum absolute atomic E-state index is 0.123. The number of amides is 1. The van der Waals surface area contributed by atoms with Crippen LogP contribution in [0.5, 0.6) is 0 Å². The Kier molecular flexibility index (Phi) is 9.14. The van der Waals surface area contributed by atoms with E-state index < -0.39 is 5.97 Å². The summed E-state index contributed by atoms with van der Waals surface area (Å²) in [6.07, 6.45) is 3.89. The first kappa shape index (κ1) is 22.1. The zero-order valence-electron chi connectivity index (χ0n) is 17.0. The number of esters is 1. The molecule has 0 saturated heterocycles. The average Bonchev–Trinajstić information content (AvgIpc) is 3.18. The summed E-state index contributed by atoms with van der Waals surface area (Å²) in [5.41, 5.74) is 1.36. The monoisotopic (exact) mass is 402 g/mol. The van der Waals surface area contributed by atoms with Crippen molar-refractivity contribution in [2.75, 3.05) is 13.2 Å². The van der Waals surface area contributed by atoms with Gasteiger partial charge in [-0.1, -0.05) is 57.0 Å². The number of carbonyl (C=O) groups excluding carboxylic acids is 2. The second kappa shape index (κ2) is 11.6. The molecule has 0 saturated carbocycles. The third-order valence-electron chi connectivity index (χ3n) is 4.61. The Morgan fingerprint density at radius 1 is 1.14 bits per heavy atom. The summed E-state index contributed by atoms with van der Waals surface area (Å²) in [5.74, 6) is -0.449. The van der Waals surface area contributed by atoms with Crippen LogP contribution in [0.15, 0.2) is 35.7 Å². The fourth-order valence-corrected chi connectivity index (χ4v) is 3.90. The molecule has 1 aromatic heterocycles. The van der Waals surface area contributed by atoms with Crippen molar-refractivity contribution >= 4 is 23.2 Å². The molecule has 2 rings (SSSR count). The Morgan fingerprint density at radius 3 is 2.54 bits per heavy atom. The lowest BCUT2D eigenvalue weighted by molar-refractivity contribution is -0.133. The number of rotatable bonds is 11. The summed E-state index contributed by atoms with van der Waals surface area (Å²) in [6, 6.07) is 9.93. The third-order valence-corrected chi connectivity index (χ3v) is 5.45. The zero-order chi connectivity index (χ0) is 20.4. The van der Waals surface area contributed by atoms with Crippen LogP contribution < -0.4 is 0 Å². The zero-order valence-corrected chi connectivity index (χ0v) is 17.8. The maximum absolute atomic E-state index is 13.3. The van der Waals surface area contributed by atoms with Gasteiger partial charge in [0.15, 0.2) is 5.69 Å². The van der Waals surface area contributed by atoms with Crippen molar-refractivity contribution in [1.29, 1.82) is 0 Å². The minimum Gasteiger partial charge on any atom is -0.461 e. The van der Waals surface area contributed by atoms with Crippen LogP contribution in [0.4, 0.5) is 0 Å². The average molecular weight is 403 g/mol. The summed E-state index contributed by atoms with van der Waals surface area (Å²) in [5, 5.41) is 2.46. The maximum Gasteiger partial charge on any atom is 0.357 e. The molecule has 0 spiro atoms. The van der Waals surface area contributed by atoms with Crippen molar-refractivity contribution in [2.24, 2.45) is 0 Å². The molecule has 0 aliphatic carbocycles. The third kappa shape index (κ3) is 6.16. The van der Waals surface area contributed by atoms with Crippen LogP contribution in [0.3, 0.4) is 0 Å². The topological polar surface area (TPSA) is 59.5 Å². The highest BCUT2D eigenvalue weighted by Gasteiger charge is 2.25. The van der Waals surface area contributed by atoms with Crippen LogP contribution >= 0.6 is 11.3 Å². The molecule has 0 aliphatic rings. The van der Waals surface area contributed by atoms with Crippen molar-refractivity contribution in [3.05, 3.63) is 52.0 Å². The van der Waals surface area contributed by atoms with E-state index in [1.54, 1.807) is 12.3 Å². The number of thiazole rings is 1. The lowest BCUT2D eigenvalue weighted by Gasteiger charge is -2.26. The summed E-state index contributed by atoms with van der Waals surface area (Å²) in [6.45, 7) is 7.41. The largest absolute Gasteiger partial charge is 0.461 e. The SMILES string of the molecule is CCCCCN(Cc1nc(C(=O)OCC)cs1)C(=O)C(CC)c1ccccc1. The Hall–Kier alpha value is -2.21. The van der Waals surface area contributed by atoms with Gasteiger partial charge in [0.1, 0.15) is 5.01 Å². The van der Waals surface area contributed by atoms with E-state index in [2.05, 4.69) is 11.9 Å². The number of unbranched alkanes of at least 4 members (excludes halogenated alkanes) is 2. The van der Waals surface area contributed by atoms with Crippen LogP contribution in [-0.4, -0.2) is 34.9 Å². The Bertz CT molecular complexity index is 745. The molecule has 1 unspecified atom stereocenters. The van der Waals surface area contributed by atoms with E-state index >= 15 is 0 Å². The molecule has 0 aliphatic heterocycles. The molecular formula is C22H30N2O3S. The molecule has 1 amide bonds. The predicted octanol–water partition coefficient (Wildman–Crippen LogP) is 5.03. The van der Waals surface area contributed by atoms with Crippen LogP contribution in [0.25, 0.3) is 0 Å². The number of ether oxygens (including phenoxy) is 1. The summed E-state index contributed by atoms with van der Waals surface area (Å²) >= 11 is 1.40. The molecule has 0 fully saturated rings. The van der Waals surface area contributed by atoms with Gasteiger partial charge < -0.3 is 9.64 Å². The van der Waals surface area contributed by atoms with Gasteiger partial charge in [-0.05, 0) is 25.3 Å². The van der Waals surface area contributed by atoms with Gasteiger partial charge in [0.2, 0.25) is 5.91 Å². The van der Waals surface area contributed by atoms with Crippen LogP contribution in [0, 0.1) is 0 Å². The highest BCUT2D eigenvalue weighted by atomic mass is 32.1. The van der Waals surface area contributed by atoms with Crippen LogP contribution in [-0.2, 0) is 16.1 Å². The molecule has 0 radical (unpaired) electrons. The van der Waals surface area contributed by atoms with E-state index in [0.717, 1.165) is 36.3 Å². The molecule has 0 N–H and O–H groups in total. The van der Waals surface area contributed by atoms with E-state index in [4.69, 9.17) is 4.74 Å². The number of carbonyl (C=O) groups is 2. The fraction of sp³-hybridized carbons (Fsp3) is 0.500. The number of hydrogen-bond donors (Lipinski definition) is 0. The van der Waals surface area contributed by atoms with Gasteiger partial charge >= 0.3 is 5.97 Å². The van der Waals surface area contributed by atoms with E-state index in [-0.39, 0.29) is 11.8 Å². The molecule has 1 heterocycles. The van der Waals surface area contributed by atoms with Crippen molar-refractivity contribution in [1.82, 2.24) is 9.88 Å². The van der Waals surface area contributed by atoms with E-state index in [1.165, 1.54) is 11.3 Å². The number of nitrogens with zero attached hydrogens (tertiary/aromatic N) is 2. The highest BCUT2D eigenvalue weighted by molar-refractivity contribution is 7.09. The number of aromatic nitrogens is 1. The Labute approximate surface area is 171 Å². The number of benzene rings is 1. The van der Waals surface area contributed by atoms with E-state index in [1.807, 2.05) is 42.2 Å². The van der Waals surface area contributed by atoms with Gasteiger partial charge in [-0.15, -0.1) is 11.3 Å². The van der Waals surface area contributed by atoms with E-state index in [0.29, 0.717) is 25.4 Å². The highest BCUT2D eigenvalue weighted by Crippen LogP contribution is 2.24. The van der Waals surface area contributed by atoms with Crippen molar-refractivity contribution in [3.63, 3.8) is 0 Å². The molecular weight excluding hydrogens is 372 g/mol. The standard InChI is InChI=1S/C22H30N2O3S/c1-4-7-11-14-24(15-20-23-19(16-28-20)22(26)27-6-3)21(25)18(5-2)17-12-9-8-10-13-17/h8-10,12-13,16,18H,4-7,11,14-15H2,1-3H3. The number of hydrogen-bond acceptors (Lipinski definition) is 5. The molecule has 2 aromatic rings. The van der Waals surface area contributed by atoms with Crippen LogP contribution in [0.2, 0.25) is 0 Å². The molecule has 6 heteroatoms. The quantitative estimate of drug-likeness (QED) is 0.391. The fourth-order valence-electron chi connectivity index (χ4n) is 3.12. The molecule has 5 nitrogen and oxygen atoms in total. The van der Waals surface area contributed by atoms with Gasteiger partial charge in [-0.3, -0.25) is 4.79 Å². The van der Waals surface area contributed by atoms with Gasteiger partial charge in [-0.2, -0.15) is 0 Å². The second-order valence-electron chi connectivity index (χ2n) is 6.69. The van der Waals surface area contributed by atoms with Gasteiger partial charge in [0.05, 0.1) is 19.1 Å². The lowest BCUT2D eigenvalue weighted by Crippen LogP contribution is -2.35. The minimum atomic E-state index is -0.412. The smallest absolute Gasteiger partial charge is 0.357 e. The van der Waals surface area contributed by atoms with Crippen LogP contribution in [0.1, 0.15) is 73.4 Å². The lowest BCUT2D eigenvalue weighted by atomic mass is 9.95. The predicted molar refractivity (Wildman–Crippen MR) is 112 cm³/mol. The normalized spacial score (nSPS) is 11.8. The molecule has 1 aromatic carbocycles. The van der Waals surface area contributed by atoms with E-state index in [9.17, 15) is 9.59 Å². The molecule has 1 atom stereocenters. The Balaban J connectivity index is 2.16. The van der Waals surface area contributed by atoms with Gasteiger partial charge in [-0.25, -0.2) is 9.78 Å². The molecule has 0 bridgehead atoms. The summed E-state index contributed by atoms with van der Waals surface area (Å²) in [7, 11) is 0. The second-order valence-corrected chi connectivity index (χ2v) is 7.63. The van der Waals surface area contributed by atoms with Gasteiger partial charge in [0.25, 0.3) is 0 Å². The maximum atomic E-state index is 13.3. The van der Waals surface area contributed by atoms with Crippen molar-refractivity contribution < 1.29 is 14.3 Å². The summed E-state index contributed by atoms with van der Waals surface area (Å²) < 4.78 is 5.01. The van der Waals surface area contributed by atoms with Crippen molar-refractivity contribution in [2.45, 2.75) is 58.9 Å². The molecule has 28 heavy (non-hydrogen) atoms. The summed E-state index contributed by atoms with van der Waals surface area (Å²) in [4.78, 5) is 31.5. The first-order valence-corrected chi connectivity index (χ1v) is 10.9.